The summed E-state index contributed by atoms with van der Waals surface area (Å²) < 4.78 is 15.3. The number of carbonyl (C=O) groups is 2. The molecule has 0 radical (unpaired) electrons. The average Bonchev–Trinajstić information content (AvgIpc) is 2.88. The molecule has 0 saturated heterocycles. The van der Waals surface area contributed by atoms with E-state index in [0.717, 1.165) is 25.7 Å². The van der Waals surface area contributed by atoms with Gasteiger partial charge in [-0.25, -0.2) is 4.39 Å². The maximum Gasteiger partial charge on any atom is 0.135 e. The van der Waals surface area contributed by atoms with Gasteiger partial charge in [-0.05, 0) is 68.6 Å². The Balaban J connectivity index is 1.71. The zero-order valence-corrected chi connectivity index (χ0v) is 15.7. The SMILES string of the molecule is CC(=O)[C@@H]1CC[C@@H]2[C@@H]3C[C@H](F)[C@@]4(O)CC(=O)CC[C@]4(C)[C@H]3CC[C@]21C. The molecule has 25 heavy (non-hydrogen) atoms. The molecule has 4 aliphatic carbocycles. The van der Waals surface area contributed by atoms with Crippen LogP contribution in [0.5, 0.6) is 0 Å². The quantitative estimate of drug-likeness (QED) is 0.781. The number of alkyl halides is 1. The van der Waals surface area contributed by atoms with Crippen LogP contribution in [0, 0.1) is 34.5 Å². The molecule has 0 bridgehead atoms. The van der Waals surface area contributed by atoms with E-state index in [9.17, 15) is 14.7 Å². The third-order valence-electron chi connectivity index (χ3n) is 9.12. The molecule has 0 unspecified atom stereocenters. The van der Waals surface area contributed by atoms with Crippen molar-refractivity contribution >= 4 is 11.6 Å². The van der Waals surface area contributed by atoms with E-state index in [4.69, 9.17) is 0 Å². The summed E-state index contributed by atoms with van der Waals surface area (Å²) in [5.41, 5.74) is -2.02. The standard InChI is InChI=1S/C21H31FO3/c1-12(23)15-4-5-16-14-10-18(22)21(25)11-13(24)6-9-20(21,3)17(14)7-8-19(15,16)2/h14-18,25H,4-11H2,1-3H3/t14-,15-,16+,17-,18-,19-,20+,21-/m0/s1. The Labute approximate surface area is 149 Å². The lowest BCUT2D eigenvalue weighted by Gasteiger charge is -2.63. The number of carbonyl (C=O) groups excluding carboxylic acids is 2. The van der Waals surface area contributed by atoms with Crippen LogP contribution in [0.25, 0.3) is 0 Å². The van der Waals surface area contributed by atoms with Gasteiger partial charge in [-0.1, -0.05) is 13.8 Å². The van der Waals surface area contributed by atoms with Crippen molar-refractivity contribution in [3.05, 3.63) is 0 Å². The molecule has 0 aromatic carbocycles. The fraction of sp³-hybridized carbons (Fsp3) is 0.905. The topological polar surface area (TPSA) is 54.4 Å². The van der Waals surface area contributed by atoms with Gasteiger partial charge in [-0.2, -0.15) is 0 Å². The first-order valence-electron chi connectivity index (χ1n) is 10.0. The fourth-order valence-electron chi connectivity index (χ4n) is 7.69. The summed E-state index contributed by atoms with van der Waals surface area (Å²) in [4.78, 5) is 24.1. The molecular formula is C21H31FO3. The normalized spacial score (nSPS) is 55.2. The number of rotatable bonds is 1. The Morgan fingerprint density at radius 3 is 2.56 bits per heavy atom. The van der Waals surface area contributed by atoms with Crippen LogP contribution in [-0.4, -0.2) is 28.4 Å². The monoisotopic (exact) mass is 350 g/mol. The van der Waals surface area contributed by atoms with Crippen LogP contribution in [0.2, 0.25) is 0 Å². The van der Waals surface area contributed by atoms with Crippen LogP contribution in [-0.2, 0) is 9.59 Å². The van der Waals surface area contributed by atoms with Gasteiger partial charge in [-0.3, -0.25) is 9.59 Å². The smallest absolute Gasteiger partial charge is 0.135 e. The van der Waals surface area contributed by atoms with Crippen LogP contribution in [0.1, 0.15) is 72.1 Å². The second-order valence-corrected chi connectivity index (χ2v) is 9.92. The summed E-state index contributed by atoms with van der Waals surface area (Å²) in [6, 6.07) is 0. The number of fused-ring (bicyclic) bond motifs is 5. The first kappa shape index (κ1) is 17.6. The number of Topliss-reactive ketones (excluding diaryl/α,β-unsaturated/α-hetero) is 2. The van der Waals surface area contributed by atoms with E-state index >= 15 is 4.39 Å². The van der Waals surface area contributed by atoms with Gasteiger partial charge >= 0.3 is 0 Å². The van der Waals surface area contributed by atoms with Crippen molar-refractivity contribution in [1.29, 1.82) is 0 Å². The van der Waals surface area contributed by atoms with Crippen molar-refractivity contribution in [2.45, 2.75) is 83.9 Å². The van der Waals surface area contributed by atoms with Crippen LogP contribution in [0.15, 0.2) is 0 Å². The molecule has 8 atom stereocenters. The second kappa shape index (κ2) is 5.37. The fourth-order valence-corrected chi connectivity index (χ4v) is 7.69. The van der Waals surface area contributed by atoms with Gasteiger partial charge in [0, 0.05) is 24.2 Å². The number of ketones is 2. The van der Waals surface area contributed by atoms with E-state index < -0.39 is 17.2 Å². The molecule has 0 aromatic heterocycles. The van der Waals surface area contributed by atoms with Crippen LogP contribution >= 0.6 is 0 Å². The Bertz CT molecular complexity index is 618. The van der Waals surface area contributed by atoms with Crippen LogP contribution in [0.3, 0.4) is 0 Å². The minimum Gasteiger partial charge on any atom is -0.386 e. The summed E-state index contributed by atoms with van der Waals surface area (Å²) in [5.74, 6) is 1.26. The summed E-state index contributed by atoms with van der Waals surface area (Å²) in [7, 11) is 0. The molecule has 4 aliphatic rings. The lowest BCUT2D eigenvalue weighted by Crippen LogP contribution is -2.67. The Morgan fingerprint density at radius 2 is 1.88 bits per heavy atom. The lowest BCUT2D eigenvalue weighted by atomic mass is 9.43. The molecule has 4 fully saturated rings. The van der Waals surface area contributed by atoms with Gasteiger partial charge in [-0.15, -0.1) is 0 Å². The molecule has 0 aromatic rings. The molecule has 4 heteroatoms. The molecule has 0 heterocycles. The predicted molar refractivity (Wildman–Crippen MR) is 92.6 cm³/mol. The van der Waals surface area contributed by atoms with E-state index in [1.165, 1.54) is 0 Å². The maximum absolute atomic E-state index is 15.3. The molecule has 4 saturated carbocycles. The van der Waals surface area contributed by atoms with E-state index in [0.29, 0.717) is 25.2 Å². The van der Waals surface area contributed by atoms with Gasteiger partial charge in [0.15, 0.2) is 0 Å². The highest BCUT2D eigenvalue weighted by molar-refractivity contribution is 5.81. The van der Waals surface area contributed by atoms with Crippen molar-refractivity contribution in [3.63, 3.8) is 0 Å². The largest absolute Gasteiger partial charge is 0.386 e. The van der Waals surface area contributed by atoms with E-state index in [1.54, 1.807) is 6.92 Å². The van der Waals surface area contributed by atoms with E-state index in [2.05, 4.69) is 6.92 Å². The third-order valence-corrected chi connectivity index (χ3v) is 9.12. The minimum absolute atomic E-state index is 0.000710. The van der Waals surface area contributed by atoms with Gasteiger partial charge in [0.1, 0.15) is 23.3 Å². The molecule has 1 N–H and O–H groups in total. The highest BCUT2D eigenvalue weighted by atomic mass is 19.1. The summed E-state index contributed by atoms with van der Waals surface area (Å²) in [5, 5.41) is 11.2. The molecule has 4 rings (SSSR count). The lowest BCUT2D eigenvalue weighted by molar-refractivity contribution is -0.232. The van der Waals surface area contributed by atoms with Crippen molar-refractivity contribution in [3.8, 4) is 0 Å². The highest BCUT2D eigenvalue weighted by Crippen LogP contribution is 2.68. The Hall–Kier alpha value is -0.770. The van der Waals surface area contributed by atoms with Crippen LogP contribution in [0.4, 0.5) is 4.39 Å². The zero-order chi connectivity index (χ0) is 18.2. The van der Waals surface area contributed by atoms with Gasteiger partial charge in [0.05, 0.1) is 0 Å². The van der Waals surface area contributed by atoms with Crippen molar-refractivity contribution < 1.29 is 19.1 Å². The minimum atomic E-state index is -1.49. The van der Waals surface area contributed by atoms with E-state index in [1.807, 2.05) is 6.92 Å². The first-order chi connectivity index (χ1) is 11.6. The number of aliphatic hydroxyl groups is 1. The summed E-state index contributed by atoms with van der Waals surface area (Å²) in [6.45, 7) is 5.98. The Morgan fingerprint density at radius 1 is 1.16 bits per heavy atom. The predicted octanol–water partition coefficient (Wildman–Crippen LogP) is 3.87. The third kappa shape index (κ3) is 2.12. The Kier molecular flexibility index (Phi) is 3.79. The molecule has 0 aliphatic heterocycles. The molecular weight excluding hydrogens is 319 g/mol. The molecule has 140 valence electrons. The molecule has 3 nitrogen and oxygen atoms in total. The van der Waals surface area contributed by atoms with Gasteiger partial charge in [0.2, 0.25) is 0 Å². The average molecular weight is 350 g/mol. The number of hydrogen-bond donors (Lipinski definition) is 1. The molecule has 0 amide bonds. The first-order valence-corrected chi connectivity index (χ1v) is 10.0. The highest BCUT2D eigenvalue weighted by Gasteiger charge is 2.68. The van der Waals surface area contributed by atoms with Crippen LogP contribution < -0.4 is 0 Å². The van der Waals surface area contributed by atoms with Gasteiger partial charge in [0.25, 0.3) is 0 Å². The van der Waals surface area contributed by atoms with Crippen molar-refractivity contribution in [2.24, 2.45) is 34.5 Å². The summed E-state index contributed by atoms with van der Waals surface area (Å²) in [6.07, 6.45) is 3.93. The van der Waals surface area contributed by atoms with E-state index in [-0.39, 0.29) is 41.2 Å². The zero-order valence-electron chi connectivity index (χ0n) is 15.7. The van der Waals surface area contributed by atoms with Gasteiger partial charge < -0.3 is 5.11 Å². The van der Waals surface area contributed by atoms with Crippen molar-refractivity contribution in [2.75, 3.05) is 0 Å². The number of halogens is 1. The summed E-state index contributed by atoms with van der Waals surface area (Å²) >= 11 is 0. The maximum atomic E-state index is 15.3. The molecule has 0 spiro atoms. The second-order valence-electron chi connectivity index (χ2n) is 9.92. The van der Waals surface area contributed by atoms with Crippen molar-refractivity contribution in [1.82, 2.24) is 0 Å². The number of hydrogen-bond acceptors (Lipinski definition) is 3.